The van der Waals surface area contributed by atoms with Crippen molar-refractivity contribution >= 4 is 21.9 Å². The van der Waals surface area contributed by atoms with Crippen molar-refractivity contribution in [2.45, 2.75) is 31.8 Å². The van der Waals surface area contributed by atoms with E-state index in [0.29, 0.717) is 6.42 Å². The Morgan fingerprint density at radius 3 is 2.65 bits per heavy atom. The van der Waals surface area contributed by atoms with Gasteiger partial charge in [0, 0.05) is 4.47 Å². The zero-order valence-electron chi connectivity index (χ0n) is 9.43. The zero-order valence-corrected chi connectivity index (χ0v) is 11.0. The molecule has 0 saturated heterocycles. The van der Waals surface area contributed by atoms with E-state index in [1.807, 2.05) is 24.3 Å². The number of hydrogen-bond acceptors (Lipinski definition) is 2. The quantitative estimate of drug-likeness (QED) is 0.929. The summed E-state index contributed by atoms with van der Waals surface area (Å²) >= 11 is 3.37. The number of ether oxygens (including phenoxy) is 1. The van der Waals surface area contributed by atoms with Gasteiger partial charge in [0.15, 0.2) is 0 Å². The summed E-state index contributed by atoms with van der Waals surface area (Å²) in [5, 5.41) is 9.00. The smallest absolute Gasteiger partial charge is 0.306 e. The van der Waals surface area contributed by atoms with Gasteiger partial charge < -0.3 is 9.84 Å². The zero-order chi connectivity index (χ0) is 12.3. The molecule has 1 N–H and O–H groups in total. The summed E-state index contributed by atoms with van der Waals surface area (Å²) in [4.78, 5) is 10.9. The first-order chi connectivity index (χ1) is 8.15. The van der Waals surface area contributed by atoms with E-state index in [2.05, 4.69) is 15.9 Å². The molecule has 1 fully saturated rings. The van der Waals surface area contributed by atoms with Gasteiger partial charge >= 0.3 is 5.97 Å². The van der Waals surface area contributed by atoms with E-state index in [9.17, 15) is 4.79 Å². The molecule has 2 atom stereocenters. The number of halogens is 1. The average molecular weight is 299 g/mol. The monoisotopic (exact) mass is 298 g/mol. The molecule has 1 aliphatic rings. The highest BCUT2D eigenvalue weighted by molar-refractivity contribution is 9.10. The van der Waals surface area contributed by atoms with Crippen LogP contribution in [0.4, 0.5) is 0 Å². The highest BCUT2D eigenvalue weighted by Crippen LogP contribution is 2.28. The van der Waals surface area contributed by atoms with Gasteiger partial charge in [0.1, 0.15) is 5.75 Å². The number of aliphatic carboxylic acids is 1. The molecule has 0 bridgehead atoms. The van der Waals surface area contributed by atoms with Crippen LogP contribution in [0.5, 0.6) is 5.75 Å². The molecule has 0 amide bonds. The van der Waals surface area contributed by atoms with Gasteiger partial charge in [0.2, 0.25) is 0 Å². The van der Waals surface area contributed by atoms with Crippen LogP contribution in [0.3, 0.4) is 0 Å². The Labute approximate surface area is 109 Å². The van der Waals surface area contributed by atoms with Gasteiger partial charge in [-0.25, -0.2) is 0 Å². The van der Waals surface area contributed by atoms with Crippen molar-refractivity contribution in [3.05, 3.63) is 28.7 Å². The van der Waals surface area contributed by atoms with Crippen LogP contribution in [0, 0.1) is 5.92 Å². The van der Waals surface area contributed by atoms with Crippen molar-refractivity contribution in [1.82, 2.24) is 0 Å². The molecule has 0 aromatic heterocycles. The second-order valence-corrected chi connectivity index (χ2v) is 5.31. The first-order valence-corrected chi connectivity index (χ1v) is 6.59. The predicted molar refractivity (Wildman–Crippen MR) is 68.2 cm³/mol. The Bertz CT molecular complexity index is 388. The van der Waals surface area contributed by atoms with Crippen molar-refractivity contribution in [3.63, 3.8) is 0 Å². The topological polar surface area (TPSA) is 46.5 Å². The van der Waals surface area contributed by atoms with Crippen LogP contribution in [0.2, 0.25) is 0 Å². The van der Waals surface area contributed by atoms with Crippen molar-refractivity contribution in [2.75, 3.05) is 0 Å². The van der Waals surface area contributed by atoms with Gasteiger partial charge in [-0.1, -0.05) is 15.9 Å². The second-order valence-electron chi connectivity index (χ2n) is 4.40. The maximum atomic E-state index is 10.9. The molecule has 3 nitrogen and oxygen atoms in total. The van der Waals surface area contributed by atoms with E-state index in [4.69, 9.17) is 9.84 Å². The Morgan fingerprint density at radius 2 is 2.00 bits per heavy atom. The van der Waals surface area contributed by atoms with Crippen molar-refractivity contribution in [1.29, 1.82) is 0 Å². The SMILES string of the molecule is O=C(O)C1CCCC(Oc2ccc(Br)cc2)C1. The highest BCUT2D eigenvalue weighted by Gasteiger charge is 2.27. The van der Waals surface area contributed by atoms with Gasteiger partial charge in [-0.15, -0.1) is 0 Å². The number of hydrogen-bond donors (Lipinski definition) is 1. The van der Waals surface area contributed by atoms with Crippen molar-refractivity contribution < 1.29 is 14.6 Å². The summed E-state index contributed by atoms with van der Waals surface area (Å²) in [6, 6.07) is 7.64. The molecule has 0 aliphatic heterocycles. The number of carboxylic acid groups (broad SMARTS) is 1. The van der Waals surface area contributed by atoms with Gasteiger partial charge in [0.25, 0.3) is 0 Å². The summed E-state index contributed by atoms with van der Waals surface area (Å²) in [5.41, 5.74) is 0. The van der Waals surface area contributed by atoms with Crippen LogP contribution in [-0.4, -0.2) is 17.2 Å². The molecule has 0 radical (unpaired) electrons. The highest BCUT2D eigenvalue weighted by atomic mass is 79.9. The van der Waals surface area contributed by atoms with Gasteiger partial charge in [-0.2, -0.15) is 0 Å². The van der Waals surface area contributed by atoms with Crippen LogP contribution < -0.4 is 4.74 Å². The van der Waals surface area contributed by atoms with E-state index in [0.717, 1.165) is 29.5 Å². The van der Waals surface area contributed by atoms with Gasteiger partial charge in [-0.05, 0) is 49.9 Å². The van der Waals surface area contributed by atoms with E-state index < -0.39 is 5.97 Å². The minimum atomic E-state index is -0.700. The van der Waals surface area contributed by atoms with Crippen molar-refractivity contribution in [3.8, 4) is 5.75 Å². The molecule has 2 unspecified atom stereocenters. The Morgan fingerprint density at radius 1 is 1.29 bits per heavy atom. The lowest BCUT2D eigenvalue weighted by Crippen LogP contribution is -2.29. The van der Waals surface area contributed by atoms with E-state index in [-0.39, 0.29) is 12.0 Å². The molecule has 1 aromatic carbocycles. The molecular weight excluding hydrogens is 284 g/mol. The predicted octanol–water partition coefficient (Wildman–Crippen LogP) is 3.47. The van der Waals surface area contributed by atoms with E-state index in [1.54, 1.807) is 0 Å². The molecule has 2 rings (SSSR count). The molecule has 1 aromatic rings. The Kier molecular flexibility index (Phi) is 4.05. The molecule has 1 aliphatic carbocycles. The summed E-state index contributed by atoms with van der Waals surface area (Å²) in [6.45, 7) is 0. The molecular formula is C13H15BrO3. The van der Waals surface area contributed by atoms with Crippen molar-refractivity contribution in [2.24, 2.45) is 5.92 Å². The minimum absolute atomic E-state index is 0.0334. The number of rotatable bonds is 3. The number of carboxylic acids is 1. The maximum absolute atomic E-state index is 10.9. The lowest BCUT2D eigenvalue weighted by molar-refractivity contribution is -0.143. The molecule has 92 valence electrons. The van der Waals surface area contributed by atoms with Crippen LogP contribution in [0.1, 0.15) is 25.7 Å². The van der Waals surface area contributed by atoms with Crippen LogP contribution in [0.15, 0.2) is 28.7 Å². The normalized spacial score (nSPS) is 24.3. The minimum Gasteiger partial charge on any atom is -0.490 e. The fraction of sp³-hybridized carbons (Fsp3) is 0.462. The average Bonchev–Trinajstić information content (AvgIpc) is 2.32. The fourth-order valence-electron chi connectivity index (χ4n) is 2.18. The standard InChI is InChI=1S/C13H15BrO3/c14-10-4-6-11(7-5-10)17-12-3-1-2-9(8-12)13(15)16/h4-7,9,12H,1-3,8H2,(H,15,16). The Balaban J connectivity index is 1.94. The lowest BCUT2D eigenvalue weighted by Gasteiger charge is -2.27. The Hall–Kier alpha value is -1.03. The molecule has 17 heavy (non-hydrogen) atoms. The van der Waals surface area contributed by atoms with E-state index >= 15 is 0 Å². The maximum Gasteiger partial charge on any atom is 0.306 e. The summed E-state index contributed by atoms with van der Waals surface area (Å²) < 4.78 is 6.82. The summed E-state index contributed by atoms with van der Waals surface area (Å²) in [7, 11) is 0. The molecule has 4 heteroatoms. The lowest BCUT2D eigenvalue weighted by atomic mass is 9.87. The number of carbonyl (C=O) groups is 1. The first-order valence-electron chi connectivity index (χ1n) is 5.80. The third kappa shape index (κ3) is 3.46. The summed E-state index contributed by atoms with van der Waals surface area (Å²) in [6.07, 6.45) is 3.30. The van der Waals surface area contributed by atoms with Crippen LogP contribution >= 0.6 is 15.9 Å². The third-order valence-corrected chi connectivity index (χ3v) is 3.62. The molecule has 1 saturated carbocycles. The third-order valence-electron chi connectivity index (χ3n) is 3.09. The first kappa shape index (κ1) is 12.4. The largest absolute Gasteiger partial charge is 0.490 e. The van der Waals surface area contributed by atoms with Crippen LogP contribution in [0.25, 0.3) is 0 Å². The second kappa shape index (κ2) is 5.54. The summed E-state index contributed by atoms with van der Waals surface area (Å²) in [5.74, 6) is -0.137. The van der Waals surface area contributed by atoms with Gasteiger partial charge in [-0.3, -0.25) is 4.79 Å². The van der Waals surface area contributed by atoms with Gasteiger partial charge in [0.05, 0.1) is 12.0 Å². The number of benzene rings is 1. The van der Waals surface area contributed by atoms with Crippen LogP contribution in [-0.2, 0) is 4.79 Å². The molecule has 0 spiro atoms. The molecule has 0 heterocycles. The fourth-order valence-corrected chi connectivity index (χ4v) is 2.45. The van der Waals surface area contributed by atoms with E-state index in [1.165, 1.54) is 0 Å².